The maximum absolute atomic E-state index is 12.5. The van der Waals surface area contributed by atoms with Gasteiger partial charge in [0.2, 0.25) is 0 Å². The molecule has 0 atom stereocenters. The Morgan fingerprint density at radius 2 is 1.81 bits per heavy atom. The molecule has 2 N–H and O–H groups in total. The fourth-order valence-electron chi connectivity index (χ4n) is 3.48. The summed E-state index contributed by atoms with van der Waals surface area (Å²) in [7, 11) is 0. The minimum Gasteiger partial charge on any atom is -0.367 e. The van der Waals surface area contributed by atoms with E-state index in [1.165, 1.54) is 35.1 Å². The van der Waals surface area contributed by atoms with E-state index in [4.69, 9.17) is 0 Å². The van der Waals surface area contributed by atoms with Crippen LogP contribution in [0.25, 0.3) is 11.1 Å². The zero-order valence-electron chi connectivity index (χ0n) is 14.3. The third-order valence-corrected chi connectivity index (χ3v) is 5.01. The topological polar surface area (TPSA) is 54.0 Å². The Morgan fingerprint density at radius 3 is 2.62 bits per heavy atom. The molecule has 1 saturated carbocycles. The molecule has 26 heavy (non-hydrogen) atoms. The molecule has 5 rings (SSSR count). The number of nitrogens with one attached hydrogen (secondary N) is 2. The SMILES string of the molecule is O=C(Nc1ccc2c(c1)Cc1ccccc1-2)c1ccc(NC2CC2)nc1. The summed E-state index contributed by atoms with van der Waals surface area (Å²) in [6.07, 6.45) is 4.94. The van der Waals surface area contributed by atoms with Crippen molar-refractivity contribution in [2.24, 2.45) is 0 Å². The number of fused-ring (bicyclic) bond motifs is 3. The number of rotatable bonds is 4. The van der Waals surface area contributed by atoms with Crippen molar-refractivity contribution in [2.75, 3.05) is 10.6 Å². The van der Waals surface area contributed by atoms with E-state index in [2.05, 4.69) is 52.0 Å². The molecule has 4 nitrogen and oxygen atoms in total. The third kappa shape index (κ3) is 2.84. The molecule has 1 fully saturated rings. The number of carbonyl (C=O) groups is 1. The Bertz CT molecular complexity index is 991. The summed E-state index contributed by atoms with van der Waals surface area (Å²) in [6.45, 7) is 0. The average Bonchev–Trinajstić information content (AvgIpc) is 3.40. The van der Waals surface area contributed by atoms with E-state index in [0.29, 0.717) is 11.6 Å². The van der Waals surface area contributed by atoms with Crippen LogP contribution in [0, 0.1) is 0 Å². The summed E-state index contributed by atoms with van der Waals surface area (Å²) in [5.74, 6) is 0.699. The highest BCUT2D eigenvalue weighted by Gasteiger charge is 2.21. The van der Waals surface area contributed by atoms with E-state index in [0.717, 1.165) is 17.9 Å². The van der Waals surface area contributed by atoms with Crippen molar-refractivity contribution in [3.05, 3.63) is 77.5 Å². The van der Waals surface area contributed by atoms with Gasteiger partial charge in [-0.25, -0.2) is 4.98 Å². The first-order valence-electron chi connectivity index (χ1n) is 9.01. The molecule has 2 aliphatic rings. The molecule has 0 aliphatic heterocycles. The van der Waals surface area contributed by atoms with Crippen molar-refractivity contribution in [2.45, 2.75) is 25.3 Å². The Kier molecular flexibility index (Phi) is 3.49. The van der Waals surface area contributed by atoms with Crippen molar-refractivity contribution in [1.82, 2.24) is 4.98 Å². The fraction of sp³-hybridized carbons (Fsp3) is 0.182. The Hall–Kier alpha value is -3.14. The van der Waals surface area contributed by atoms with E-state index in [1.54, 1.807) is 6.20 Å². The Balaban J connectivity index is 1.32. The van der Waals surface area contributed by atoms with Gasteiger partial charge in [0, 0.05) is 17.9 Å². The van der Waals surface area contributed by atoms with Crippen LogP contribution >= 0.6 is 0 Å². The molecule has 3 aromatic rings. The van der Waals surface area contributed by atoms with E-state index < -0.39 is 0 Å². The van der Waals surface area contributed by atoms with E-state index in [-0.39, 0.29) is 5.91 Å². The largest absolute Gasteiger partial charge is 0.367 e. The average molecular weight is 341 g/mol. The van der Waals surface area contributed by atoms with Gasteiger partial charge >= 0.3 is 0 Å². The van der Waals surface area contributed by atoms with Crippen LogP contribution in [-0.4, -0.2) is 16.9 Å². The molecule has 0 bridgehead atoms. The molecular formula is C22H19N3O. The van der Waals surface area contributed by atoms with Gasteiger partial charge in [0.1, 0.15) is 5.82 Å². The van der Waals surface area contributed by atoms with Crippen LogP contribution < -0.4 is 10.6 Å². The Labute approximate surface area is 152 Å². The molecule has 4 heteroatoms. The molecule has 2 aliphatic carbocycles. The van der Waals surface area contributed by atoms with Crippen molar-refractivity contribution in [3.63, 3.8) is 0 Å². The first kappa shape index (κ1) is 15.1. The minimum absolute atomic E-state index is 0.133. The van der Waals surface area contributed by atoms with Gasteiger partial charge < -0.3 is 10.6 Å². The molecular weight excluding hydrogens is 322 g/mol. The monoisotopic (exact) mass is 341 g/mol. The van der Waals surface area contributed by atoms with E-state index in [1.807, 2.05) is 18.2 Å². The predicted octanol–water partition coefficient (Wildman–Crippen LogP) is 4.48. The number of hydrogen-bond acceptors (Lipinski definition) is 3. The lowest BCUT2D eigenvalue weighted by atomic mass is 10.1. The predicted molar refractivity (Wildman–Crippen MR) is 104 cm³/mol. The molecule has 0 radical (unpaired) electrons. The van der Waals surface area contributed by atoms with Crippen LogP contribution in [0.3, 0.4) is 0 Å². The Morgan fingerprint density at radius 1 is 0.962 bits per heavy atom. The number of aromatic nitrogens is 1. The lowest BCUT2D eigenvalue weighted by molar-refractivity contribution is 0.102. The standard InChI is InChI=1S/C22H19N3O/c26-22(15-5-10-21(23-13-15)24-17-6-7-17)25-18-8-9-20-16(12-18)11-14-3-1-2-4-19(14)20/h1-5,8-10,12-13,17H,6-7,11H2,(H,23,24)(H,25,26). The summed E-state index contributed by atoms with van der Waals surface area (Å²) in [5, 5.41) is 6.31. The van der Waals surface area contributed by atoms with E-state index >= 15 is 0 Å². The van der Waals surface area contributed by atoms with Gasteiger partial charge in [0.05, 0.1) is 5.56 Å². The number of amides is 1. The minimum atomic E-state index is -0.133. The van der Waals surface area contributed by atoms with Crippen molar-refractivity contribution in [3.8, 4) is 11.1 Å². The first-order valence-corrected chi connectivity index (χ1v) is 9.01. The van der Waals surface area contributed by atoms with Gasteiger partial charge in [-0.3, -0.25) is 4.79 Å². The zero-order chi connectivity index (χ0) is 17.5. The molecule has 128 valence electrons. The second kappa shape index (κ2) is 5.99. The summed E-state index contributed by atoms with van der Waals surface area (Å²) >= 11 is 0. The zero-order valence-corrected chi connectivity index (χ0v) is 14.3. The summed E-state index contributed by atoms with van der Waals surface area (Å²) in [4.78, 5) is 16.8. The highest BCUT2D eigenvalue weighted by Crippen LogP contribution is 2.37. The number of nitrogens with zero attached hydrogens (tertiary/aromatic N) is 1. The van der Waals surface area contributed by atoms with Gasteiger partial charge in [-0.2, -0.15) is 0 Å². The maximum atomic E-state index is 12.5. The van der Waals surface area contributed by atoms with Crippen LogP contribution in [0.2, 0.25) is 0 Å². The quantitative estimate of drug-likeness (QED) is 0.575. The molecule has 1 heterocycles. The number of anilines is 2. The lowest BCUT2D eigenvalue weighted by Crippen LogP contribution is -2.13. The molecule has 0 spiro atoms. The van der Waals surface area contributed by atoms with Gasteiger partial charge in [-0.1, -0.05) is 30.3 Å². The van der Waals surface area contributed by atoms with Crippen LogP contribution in [0.1, 0.15) is 34.3 Å². The molecule has 0 unspecified atom stereocenters. The summed E-state index contributed by atoms with van der Waals surface area (Å²) < 4.78 is 0. The van der Waals surface area contributed by atoms with Gasteiger partial charge in [0.15, 0.2) is 0 Å². The van der Waals surface area contributed by atoms with Crippen molar-refractivity contribution >= 4 is 17.4 Å². The van der Waals surface area contributed by atoms with Crippen LogP contribution in [-0.2, 0) is 6.42 Å². The number of hydrogen-bond donors (Lipinski definition) is 2. The first-order chi connectivity index (χ1) is 12.8. The molecule has 0 saturated heterocycles. The highest BCUT2D eigenvalue weighted by atomic mass is 16.1. The maximum Gasteiger partial charge on any atom is 0.257 e. The van der Waals surface area contributed by atoms with Crippen LogP contribution in [0.4, 0.5) is 11.5 Å². The fourth-order valence-corrected chi connectivity index (χ4v) is 3.48. The molecule has 2 aromatic carbocycles. The normalized spacial score (nSPS) is 14.5. The van der Waals surface area contributed by atoms with Crippen LogP contribution in [0.15, 0.2) is 60.8 Å². The van der Waals surface area contributed by atoms with Gasteiger partial charge in [-0.15, -0.1) is 0 Å². The number of carbonyl (C=O) groups excluding carboxylic acids is 1. The van der Waals surface area contributed by atoms with Crippen LogP contribution in [0.5, 0.6) is 0 Å². The van der Waals surface area contributed by atoms with Crippen molar-refractivity contribution < 1.29 is 4.79 Å². The summed E-state index contributed by atoms with van der Waals surface area (Å²) in [5.41, 5.74) is 6.54. The second-order valence-electron chi connectivity index (χ2n) is 7.01. The third-order valence-electron chi connectivity index (χ3n) is 5.01. The lowest BCUT2D eigenvalue weighted by Gasteiger charge is -2.08. The van der Waals surface area contributed by atoms with Gasteiger partial charge in [-0.05, 0) is 65.8 Å². The van der Waals surface area contributed by atoms with Crippen molar-refractivity contribution in [1.29, 1.82) is 0 Å². The highest BCUT2D eigenvalue weighted by molar-refractivity contribution is 6.04. The van der Waals surface area contributed by atoms with Gasteiger partial charge in [0.25, 0.3) is 5.91 Å². The summed E-state index contributed by atoms with van der Waals surface area (Å²) in [6, 6.07) is 18.8. The molecule has 1 amide bonds. The number of benzene rings is 2. The number of pyridine rings is 1. The second-order valence-corrected chi connectivity index (χ2v) is 7.01. The molecule has 1 aromatic heterocycles. The smallest absolute Gasteiger partial charge is 0.257 e. The van der Waals surface area contributed by atoms with E-state index in [9.17, 15) is 4.79 Å².